The second-order valence-corrected chi connectivity index (χ2v) is 12.8. The van der Waals surface area contributed by atoms with Crippen LogP contribution in [0.4, 0.5) is 0 Å². The number of fused-ring (bicyclic) bond motifs is 2. The van der Waals surface area contributed by atoms with Crippen molar-refractivity contribution in [3.05, 3.63) is 81.1 Å². The number of ether oxygens (including phenoxy) is 4. The van der Waals surface area contributed by atoms with Crippen LogP contribution in [-0.2, 0) is 28.5 Å². The Morgan fingerprint density at radius 2 is 1.02 bits per heavy atom. The molecule has 2 aliphatic heterocycles. The maximum absolute atomic E-state index is 13.2. The van der Waals surface area contributed by atoms with Crippen LogP contribution in [0, 0.1) is 11.8 Å². The molecule has 2 aliphatic carbocycles. The minimum Gasteiger partial charge on any atom is -0.496 e. The van der Waals surface area contributed by atoms with Crippen molar-refractivity contribution in [3.63, 3.8) is 0 Å². The fraction of sp³-hybridized carbons (Fsp3) is 0.438. The van der Waals surface area contributed by atoms with Crippen LogP contribution in [0.3, 0.4) is 0 Å². The van der Waals surface area contributed by atoms with E-state index in [2.05, 4.69) is 31.9 Å². The molecule has 2 heterocycles. The summed E-state index contributed by atoms with van der Waals surface area (Å²) >= 11 is 6.88. The van der Waals surface area contributed by atoms with Gasteiger partial charge in [0.2, 0.25) is 0 Å². The molecule has 2 fully saturated rings. The van der Waals surface area contributed by atoms with Gasteiger partial charge in [-0.3, -0.25) is 9.59 Å². The molecule has 6 atom stereocenters. The van der Waals surface area contributed by atoms with Gasteiger partial charge < -0.3 is 18.9 Å². The summed E-state index contributed by atoms with van der Waals surface area (Å²) in [6.07, 6.45) is 7.68. The molecule has 2 aromatic rings. The summed E-state index contributed by atoms with van der Waals surface area (Å²) < 4.78 is 26.3. The number of hydrogen-bond donors (Lipinski definition) is 0. The Morgan fingerprint density at radius 3 is 1.43 bits per heavy atom. The van der Waals surface area contributed by atoms with E-state index in [4.69, 9.17) is 18.9 Å². The van der Waals surface area contributed by atoms with Crippen molar-refractivity contribution >= 4 is 54.6 Å². The number of Topliss-reactive ketones (excluding diaryl/α,β-unsaturated/α-hetero) is 2. The third kappa shape index (κ3) is 6.01. The molecular formula is C32H32Br2O6. The quantitative estimate of drug-likeness (QED) is 0.298. The van der Waals surface area contributed by atoms with Crippen molar-refractivity contribution in [1.82, 2.24) is 0 Å². The van der Waals surface area contributed by atoms with E-state index >= 15 is 0 Å². The molecule has 6 unspecified atom stereocenters. The number of benzene rings is 2. The molecule has 40 heavy (non-hydrogen) atoms. The number of carbonyl (C=O) groups is 2. The van der Waals surface area contributed by atoms with Gasteiger partial charge in [0.1, 0.15) is 12.2 Å². The minimum atomic E-state index is -0.141. The Balaban J connectivity index is 0.944. The van der Waals surface area contributed by atoms with E-state index in [1.54, 1.807) is 12.5 Å². The summed E-state index contributed by atoms with van der Waals surface area (Å²) in [7, 11) is 0. The molecule has 4 aliphatic rings. The van der Waals surface area contributed by atoms with Gasteiger partial charge in [0.15, 0.2) is 11.6 Å². The average molecular weight is 672 g/mol. The fourth-order valence-corrected chi connectivity index (χ4v) is 6.85. The Bertz CT molecular complexity index is 1200. The highest BCUT2D eigenvalue weighted by molar-refractivity contribution is 9.10. The van der Waals surface area contributed by atoms with Crippen LogP contribution in [-0.4, -0.2) is 49.2 Å². The third-order valence-corrected chi connectivity index (χ3v) is 9.57. The zero-order valence-corrected chi connectivity index (χ0v) is 25.3. The van der Waals surface area contributed by atoms with E-state index in [9.17, 15) is 9.59 Å². The molecule has 6 nitrogen and oxygen atoms in total. The second kappa shape index (κ2) is 12.3. The summed E-state index contributed by atoms with van der Waals surface area (Å²) in [5.41, 5.74) is 3.08. The molecule has 0 bridgehead atoms. The zero-order chi connectivity index (χ0) is 27.6. The maximum atomic E-state index is 13.2. The summed E-state index contributed by atoms with van der Waals surface area (Å²) in [5.74, 6) is 0.0919. The normalized spacial score (nSPS) is 29.9. The molecule has 6 rings (SSSR count). The largest absolute Gasteiger partial charge is 0.496 e. The van der Waals surface area contributed by atoms with Gasteiger partial charge in [-0.25, -0.2) is 0 Å². The average Bonchev–Trinajstić information content (AvgIpc) is 2.97. The third-order valence-electron chi connectivity index (χ3n) is 8.51. The number of carbonyl (C=O) groups excluding carboxylic acids is 2. The first-order valence-corrected chi connectivity index (χ1v) is 15.6. The Labute approximate surface area is 251 Å². The van der Waals surface area contributed by atoms with E-state index in [0.29, 0.717) is 37.2 Å². The van der Waals surface area contributed by atoms with Crippen LogP contribution in [0.5, 0.6) is 0 Å². The van der Waals surface area contributed by atoms with E-state index < -0.39 is 0 Å². The van der Waals surface area contributed by atoms with Gasteiger partial charge in [-0.2, -0.15) is 0 Å². The van der Waals surface area contributed by atoms with Gasteiger partial charge in [-0.1, -0.05) is 56.1 Å². The first-order chi connectivity index (χ1) is 19.5. The lowest BCUT2D eigenvalue weighted by atomic mass is 9.78. The maximum Gasteiger partial charge on any atom is 0.173 e. The standard InChI is InChI=1S/C32H32Br2O6/c33-21-5-1-19(2-6-21)27-17-39-29-15-23(9-11-25(29)31(27)35)37-13-14-38-24-10-12-26-30(16-24)40-18-28(32(26)36)20-3-7-22(34)8-4-20/h1-8,17-18,23-26,29-30H,9-16H2. The first kappa shape index (κ1) is 27.9. The number of ketones is 2. The molecule has 0 saturated heterocycles. The molecule has 0 aromatic heterocycles. The lowest BCUT2D eigenvalue weighted by Crippen LogP contribution is -2.42. The van der Waals surface area contributed by atoms with E-state index in [1.807, 2.05) is 48.5 Å². The molecular weight excluding hydrogens is 640 g/mol. The molecule has 2 aromatic carbocycles. The van der Waals surface area contributed by atoms with E-state index in [1.165, 1.54) is 0 Å². The van der Waals surface area contributed by atoms with Crippen molar-refractivity contribution in [3.8, 4) is 0 Å². The molecule has 0 radical (unpaired) electrons. The predicted octanol–water partition coefficient (Wildman–Crippen LogP) is 6.90. The summed E-state index contributed by atoms with van der Waals surface area (Å²) in [6, 6.07) is 15.5. The predicted molar refractivity (Wildman–Crippen MR) is 158 cm³/mol. The zero-order valence-electron chi connectivity index (χ0n) is 22.1. The summed E-state index contributed by atoms with van der Waals surface area (Å²) in [4.78, 5) is 26.3. The van der Waals surface area contributed by atoms with Crippen molar-refractivity contribution in [1.29, 1.82) is 0 Å². The number of rotatable bonds is 7. The number of allylic oxidation sites excluding steroid dienone is 2. The molecule has 0 amide bonds. The second-order valence-electron chi connectivity index (χ2n) is 11.0. The molecule has 210 valence electrons. The highest BCUT2D eigenvalue weighted by atomic mass is 79.9. The SMILES string of the molecule is O=C1C(c2ccc(Br)cc2)=COC2CC(OCCOC3CCC4C(=O)C(c5ccc(Br)cc5)=COC4C3)CCC12. The lowest BCUT2D eigenvalue weighted by Gasteiger charge is -2.38. The van der Waals surface area contributed by atoms with Gasteiger partial charge in [-0.15, -0.1) is 0 Å². The summed E-state index contributed by atoms with van der Waals surface area (Å²) in [6.45, 7) is 0.988. The Kier molecular flexibility index (Phi) is 8.58. The van der Waals surface area contributed by atoms with Crippen LogP contribution in [0.15, 0.2) is 70.0 Å². The Hall–Kier alpha value is -2.26. The van der Waals surface area contributed by atoms with Crippen LogP contribution in [0.2, 0.25) is 0 Å². The summed E-state index contributed by atoms with van der Waals surface area (Å²) in [5, 5.41) is 0. The van der Waals surface area contributed by atoms with Crippen LogP contribution < -0.4 is 0 Å². The van der Waals surface area contributed by atoms with E-state index in [0.717, 1.165) is 45.8 Å². The highest BCUT2D eigenvalue weighted by Gasteiger charge is 2.42. The van der Waals surface area contributed by atoms with Crippen LogP contribution in [0.1, 0.15) is 49.7 Å². The van der Waals surface area contributed by atoms with E-state index in [-0.39, 0.29) is 47.8 Å². The highest BCUT2D eigenvalue weighted by Crippen LogP contribution is 2.39. The van der Waals surface area contributed by atoms with Gasteiger partial charge in [0.25, 0.3) is 0 Å². The van der Waals surface area contributed by atoms with Crippen molar-refractivity contribution in [2.45, 2.75) is 62.9 Å². The van der Waals surface area contributed by atoms with Gasteiger partial charge in [-0.05, 0) is 61.1 Å². The first-order valence-electron chi connectivity index (χ1n) is 14.0. The number of halogens is 2. The molecule has 8 heteroatoms. The molecule has 0 N–H and O–H groups in total. The van der Waals surface area contributed by atoms with Gasteiger partial charge in [0, 0.05) is 21.8 Å². The van der Waals surface area contributed by atoms with Gasteiger partial charge in [0.05, 0.1) is 60.9 Å². The minimum absolute atomic E-state index is 0.0532. The fourth-order valence-electron chi connectivity index (χ4n) is 6.32. The molecule has 0 spiro atoms. The van der Waals surface area contributed by atoms with Crippen LogP contribution in [0.25, 0.3) is 11.1 Å². The van der Waals surface area contributed by atoms with Crippen molar-refractivity contribution in [2.75, 3.05) is 13.2 Å². The lowest BCUT2D eigenvalue weighted by molar-refractivity contribution is -0.132. The van der Waals surface area contributed by atoms with Crippen molar-refractivity contribution in [2.24, 2.45) is 11.8 Å². The topological polar surface area (TPSA) is 71.1 Å². The smallest absolute Gasteiger partial charge is 0.173 e. The van der Waals surface area contributed by atoms with Gasteiger partial charge >= 0.3 is 0 Å². The number of hydrogen-bond acceptors (Lipinski definition) is 6. The van der Waals surface area contributed by atoms with Crippen LogP contribution >= 0.6 is 31.9 Å². The Morgan fingerprint density at radius 1 is 0.625 bits per heavy atom. The molecule has 2 saturated carbocycles. The monoisotopic (exact) mass is 670 g/mol. The van der Waals surface area contributed by atoms with Crippen molar-refractivity contribution < 1.29 is 28.5 Å².